The summed E-state index contributed by atoms with van der Waals surface area (Å²) in [6, 6.07) is 5.57. The lowest BCUT2D eigenvalue weighted by Crippen LogP contribution is -2.24. The molecule has 0 unspecified atom stereocenters. The van der Waals surface area contributed by atoms with E-state index in [0.29, 0.717) is 12.0 Å². The van der Waals surface area contributed by atoms with Crippen LogP contribution in [0.5, 0.6) is 5.75 Å². The van der Waals surface area contributed by atoms with E-state index in [4.69, 9.17) is 4.74 Å². The van der Waals surface area contributed by atoms with Crippen molar-refractivity contribution in [2.24, 2.45) is 0 Å². The number of benzene rings is 1. The normalized spacial score (nSPS) is 14.8. The fraction of sp³-hybridized carbons (Fsp3) is 0.467. The molecule has 1 aliphatic heterocycles. The van der Waals surface area contributed by atoms with Gasteiger partial charge < -0.3 is 4.74 Å². The number of hydrogen-bond donors (Lipinski definition) is 0. The van der Waals surface area contributed by atoms with Crippen LogP contribution in [0.25, 0.3) is 10.9 Å². The monoisotopic (exact) mass is 336 g/mol. The fourth-order valence-corrected chi connectivity index (χ4v) is 2.81. The van der Waals surface area contributed by atoms with Gasteiger partial charge in [-0.1, -0.05) is 22.4 Å². The maximum absolute atomic E-state index is 12.6. The molecule has 0 spiro atoms. The minimum Gasteiger partial charge on any atom is -0.493 e. The molecule has 1 aliphatic rings. The number of aromatic nitrogens is 2. The van der Waals surface area contributed by atoms with E-state index in [-0.39, 0.29) is 5.56 Å². The number of nitrogens with zero attached hydrogens (tertiary/aromatic N) is 2. The number of hydrogen-bond acceptors (Lipinski definition) is 3. The number of ether oxygens (including phenoxy) is 1. The van der Waals surface area contributed by atoms with Crippen LogP contribution in [0.1, 0.15) is 25.1 Å². The first-order chi connectivity index (χ1) is 9.79. The van der Waals surface area contributed by atoms with Crippen LogP contribution in [0.2, 0.25) is 0 Å². The third-order valence-electron chi connectivity index (χ3n) is 3.63. The molecule has 0 N–H and O–H groups in total. The zero-order valence-electron chi connectivity index (χ0n) is 11.3. The first kappa shape index (κ1) is 13.6. The molecule has 0 fully saturated rings. The molecule has 3 rings (SSSR count). The fourth-order valence-electron chi connectivity index (χ4n) is 2.64. The van der Waals surface area contributed by atoms with Gasteiger partial charge in [0.1, 0.15) is 11.6 Å². The number of halogens is 1. The van der Waals surface area contributed by atoms with Gasteiger partial charge in [0.25, 0.3) is 5.56 Å². The van der Waals surface area contributed by atoms with Crippen molar-refractivity contribution in [3.8, 4) is 5.75 Å². The maximum Gasteiger partial charge on any atom is 0.261 e. The molecule has 20 heavy (non-hydrogen) atoms. The Balaban J connectivity index is 2.10. The Hall–Kier alpha value is -1.36. The lowest BCUT2D eigenvalue weighted by molar-refractivity contribution is 0.345. The second-order valence-electron chi connectivity index (χ2n) is 5.01. The number of rotatable bonds is 3. The van der Waals surface area contributed by atoms with Crippen LogP contribution in [-0.2, 0) is 13.0 Å². The van der Waals surface area contributed by atoms with Crippen LogP contribution in [-0.4, -0.2) is 21.5 Å². The molecule has 0 saturated heterocycles. The quantitative estimate of drug-likeness (QED) is 0.809. The van der Waals surface area contributed by atoms with Crippen molar-refractivity contribution in [2.75, 3.05) is 11.9 Å². The Bertz CT molecular complexity index is 681. The van der Waals surface area contributed by atoms with Gasteiger partial charge in [-0.25, -0.2) is 4.98 Å². The summed E-state index contributed by atoms with van der Waals surface area (Å²) >= 11 is 3.33. The zero-order chi connectivity index (χ0) is 13.9. The third-order valence-corrected chi connectivity index (χ3v) is 3.96. The first-order valence-electron chi connectivity index (χ1n) is 7.02. The minimum absolute atomic E-state index is 0.0659. The molecule has 0 amide bonds. The minimum atomic E-state index is 0.0659. The molecule has 0 saturated carbocycles. The molecule has 0 radical (unpaired) electrons. The van der Waals surface area contributed by atoms with Gasteiger partial charge in [0.05, 0.1) is 17.5 Å². The average molecular weight is 337 g/mol. The van der Waals surface area contributed by atoms with Crippen molar-refractivity contribution in [2.45, 2.75) is 32.2 Å². The molecule has 4 nitrogen and oxygen atoms in total. The highest BCUT2D eigenvalue weighted by atomic mass is 79.9. The first-order valence-corrected chi connectivity index (χ1v) is 8.14. The van der Waals surface area contributed by atoms with Crippen molar-refractivity contribution < 1.29 is 4.74 Å². The van der Waals surface area contributed by atoms with Gasteiger partial charge in [0.2, 0.25) is 0 Å². The van der Waals surface area contributed by atoms with Gasteiger partial charge in [0, 0.05) is 18.3 Å². The Morgan fingerprint density at radius 3 is 3.05 bits per heavy atom. The van der Waals surface area contributed by atoms with E-state index in [1.54, 1.807) is 0 Å². The molecule has 2 aromatic rings. The van der Waals surface area contributed by atoms with Crippen molar-refractivity contribution in [1.29, 1.82) is 0 Å². The zero-order valence-corrected chi connectivity index (χ0v) is 12.9. The molecule has 106 valence electrons. The third kappa shape index (κ3) is 2.59. The summed E-state index contributed by atoms with van der Waals surface area (Å²) < 4.78 is 7.40. The molecular weight excluding hydrogens is 320 g/mol. The molecular formula is C15H17BrN2O2. The van der Waals surface area contributed by atoms with Gasteiger partial charge >= 0.3 is 0 Å². The van der Waals surface area contributed by atoms with E-state index >= 15 is 0 Å². The lowest BCUT2D eigenvalue weighted by Gasteiger charge is -2.11. The molecule has 2 heterocycles. The number of alkyl halides is 1. The predicted octanol–water partition coefficient (Wildman–Crippen LogP) is 2.90. The van der Waals surface area contributed by atoms with E-state index in [9.17, 15) is 4.79 Å². The highest BCUT2D eigenvalue weighted by Gasteiger charge is 2.14. The van der Waals surface area contributed by atoms with Crippen molar-refractivity contribution in [3.05, 3.63) is 34.4 Å². The van der Waals surface area contributed by atoms with Gasteiger partial charge in [0.15, 0.2) is 0 Å². The highest BCUT2D eigenvalue weighted by molar-refractivity contribution is 9.09. The SMILES string of the molecule is O=c1c2cc(OCCBr)ccc2nc2n1CCCCC2. The van der Waals surface area contributed by atoms with E-state index in [2.05, 4.69) is 20.9 Å². The number of aryl methyl sites for hydroxylation is 1. The Morgan fingerprint density at radius 2 is 2.20 bits per heavy atom. The number of fused-ring (bicyclic) bond motifs is 2. The van der Waals surface area contributed by atoms with Gasteiger partial charge in [-0.15, -0.1) is 0 Å². The van der Waals surface area contributed by atoms with E-state index in [1.165, 1.54) is 6.42 Å². The average Bonchev–Trinajstić information content (AvgIpc) is 2.71. The van der Waals surface area contributed by atoms with Crippen LogP contribution in [0.3, 0.4) is 0 Å². The molecule has 1 aromatic carbocycles. The van der Waals surface area contributed by atoms with Crippen LogP contribution >= 0.6 is 15.9 Å². The maximum atomic E-state index is 12.6. The van der Waals surface area contributed by atoms with Crippen molar-refractivity contribution >= 4 is 26.8 Å². The summed E-state index contributed by atoms with van der Waals surface area (Å²) in [6.45, 7) is 1.37. The summed E-state index contributed by atoms with van der Waals surface area (Å²) in [4.78, 5) is 17.3. The lowest BCUT2D eigenvalue weighted by atomic mass is 10.2. The second kappa shape index (κ2) is 5.95. The smallest absolute Gasteiger partial charge is 0.261 e. The Labute approximate surface area is 125 Å². The van der Waals surface area contributed by atoms with Gasteiger partial charge in [-0.2, -0.15) is 0 Å². The van der Waals surface area contributed by atoms with Crippen LogP contribution in [0, 0.1) is 0 Å². The standard InChI is InChI=1S/C15H17BrN2O2/c16-7-9-20-11-5-6-13-12(10-11)15(19)18-8-3-1-2-4-14(18)17-13/h5-6,10H,1-4,7-9H2. The van der Waals surface area contributed by atoms with Gasteiger partial charge in [-0.05, 0) is 31.0 Å². The van der Waals surface area contributed by atoms with Crippen molar-refractivity contribution in [1.82, 2.24) is 9.55 Å². The van der Waals surface area contributed by atoms with E-state index in [0.717, 1.165) is 48.2 Å². The van der Waals surface area contributed by atoms with E-state index < -0.39 is 0 Å². The van der Waals surface area contributed by atoms with Gasteiger partial charge in [-0.3, -0.25) is 9.36 Å². The Morgan fingerprint density at radius 1 is 1.30 bits per heavy atom. The summed E-state index contributed by atoms with van der Waals surface area (Å²) in [5.41, 5.74) is 0.838. The van der Waals surface area contributed by atoms with Crippen LogP contribution in [0.4, 0.5) is 0 Å². The highest BCUT2D eigenvalue weighted by Crippen LogP contribution is 2.19. The summed E-state index contributed by atoms with van der Waals surface area (Å²) in [6.07, 6.45) is 4.23. The van der Waals surface area contributed by atoms with Crippen molar-refractivity contribution in [3.63, 3.8) is 0 Å². The molecule has 5 heteroatoms. The van der Waals surface area contributed by atoms with E-state index in [1.807, 2.05) is 22.8 Å². The summed E-state index contributed by atoms with van der Waals surface area (Å²) in [5, 5.41) is 1.43. The molecule has 0 atom stereocenters. The van der Waals surface area contributed by atoms with Crippen LogP contribution in [0.15, 0.2) is 23.0 Å². The molecule has 0 bridgehead atoms. The molecule has 0 aliphatic carbocycles. The second-order valence-corrected chi connectivity index (χ2v) is 5.80. The Kier molecular flexibility index (Phi) is 4.05. The summed E-state index contributed by atoms with van der Waals surface area (Å²) in [7, 11) is 0. The van der Waals surface area contributed by atoms with Crippen LogP contribution < -0.4 is 10.3 Å². The summed E-state index contributed by atoms with van der Waals surface area (Å²) in [5.74, 6) is 1.65. The molecule has 1 aromatic heterocycles. The largest absolute Gasteiger partial charge is 0.493 e. The topological polar surface area (TPSA) is 44.1 Å². The predicted molar refractivity (Wildman–Crippen MR) is 82.8 cm³/mol.